The Balaban J connectivity index is 2.81. The molecule has 0 aromatic rings. The maximum atomic E-state index is 6.28. The molecular weight excluding hydrogens is 64.1 g/mol. The van der Waals surface area contributed by atoms with Gasteiger partial charge in [-0.15, -0.1) is 11.9 Å². The van der Waals surface area contributed by atoms with Gasteiger partial charge in [-0.2, -0.15) is 0 Å². The summed E-state index contributed by atoms with van der Waals surface area (Å²) in [4.78, 5) is 0. The second-order valence-corrected chi connectivity index (χ2v) is 1.59. The first-order chi connectivity index (χ1) is 2.41. The summed E-state index contributed by atoms with van der Waals surface area (Å²) in [6.07, 6.45) is 2.08. The normalized spacial score (nSPS) is 9.75. The van der Waals surface area contributed by atoms with Crippen LogP contribution in [0.15, 0.2) is 0 Å². The van der Waals surface area contributed by atoms with Gasteiger partial charge in [0, 0.05) is 0 Å². The summed E-state index contributed by atoms with van der Waals surface area (Å²) in [7, 11) is -0.135. The quantitative estimate of drug-likeness (QED) is 0.274. The molecule has 0 saturated carbocycles. The van der Waals surface area contributed by atoms with Crippen molar-refractivity contribution in [2.45, 2.75) is 6.55 Å². The molecule has 22 valence electrons. The number of hydrogen-bond donors (Lipinski definition) is 0. The minimum atomic E-state index is -0.135. The molecule has 0 aliphatic heterocycles. The molecule has 0 aliphatic carbocycles. The zero-order valence-corrected chi connectivity index (χ0v) is 4.12. The lowest BCUT2D eigenvalue weighted by Crippen LogP contribution is -1.63. The molecule has 0 unspecified atom stereocenters. The van der Waals surface area contributed by atoms with Gasteiger partial charge in [0.25, 0.3) is 0 Å². The number of terminal acetylenes is 1. The van der Waals surface area contributed by atoms with E-state index >= 15 is 0 Å². The molecule has 0 atom stereocenters. The average molecular weight is 72.2 g/mol. The van der Waals surface area contributed by atoms with Crippen LogP contribution in [-0.4, -0.2) is 9.52 Å². The van der Waals surface area contributed by atoms with Crippen LogP contribution in [0.2, 0.25) is 6.55 Å². The monoisotopic (exact) mass is 72.0 g/mol. The summed E-state index contributed by atoms with van der Waals surface area (Å²) in [5.41, 5.74) is 2.67. The van der Waals surface area contributed by atoms with Crippen molar-refractivity contribution in [2.75, 3.05) is 0 Å². The lowest BCUT2D eigenvalue weighted by atomic mass is 11.4. The molecule has 0 N–H and O–H groups in total. The van der Waals surface area contributed by atoms with E-state index < -0.39 is 0 Å². The molecule has 0 aliphatic rings. The highest BCUT2D eigenvalue weighted by molar-refractivity contribution is 6.44. The second-order valence-electron chi connectivity index (χ2n) is 0.530. The van der Waals surface area contributed by atoms with Crippen LogP contribution < -0.4 is 0 Å². The van der Waals surface area contributed by atoms with Crippen molar-refractivity contribution < 1.29 is 1.37 Å². The van der Waals surface area contributed by atoms with Gasteiger partial charge in [0.1, 0.15) is 10.9 Å². The summed E-state index contributed by atoms with van der Waals surface area (Å²) in [6, 6.07) is 0. The zero-order chi connectivity index (χ0) is 4.12. The van der Waals surface area contributed by atoms with E-state index in [4.69, 9.17) is 1.37 Å². The van der Waals surface area contributed by atoms with Crippen molar-refractivity contribution in [3.05, 3.63) is 0 Å². The van der Waals surface area contributed by atoms with Gasteiger partial charge < -0.3 is 0 Å². The van der Waals surface area contributed by atoms with E-state index in [1.54, 1.807) is 0 Å². The highest BCUT2D eigenvalue weighted by atomic mass is 28.2. The lowest BCUT2D eigenvalue weighted by molar-refractivity contribution is 2.32. The van der Waals surface area contributed by atoms with Crippen LogP contribution in [0.3, 0.4) is 0 Å². The summed E-state index contributed by atoms with van der Waals surface area (Å²) in [5, 5.41) is 0. The Morgan fingerprint density at radius 2 is 3.25 bits per heavy atom. The van der Waals surface area contributed by atoms with Crippen molar-refractivity contribution in [2.24, 2.45) is 0 Å². The van der Waals surface area contributed by atoms with Crippen LogP contribution in [0.25, 0.3) is 0 Å². The minimum absolute atomic E-state index is 0.135. The third-order valence-corrected chi connectivity index (χ3v) is 0.530. The first kappa shape index (κ1) is 2.04. The molecule has 4 heavy (non-hydrogen) atoms. The molecule has 0 rings (SSSR count). The van der Waals surface area contributed by atoms with Gasteiger partial charge in [0.05, 0.1) is 0 Å². The zero-order valence-electron chi connectivity index (χ0n) is 3.71. The Kier molecular flexibility index (Phi) is 1.42. The first-order valence-electron chi connectivity index (χ1n) is 1.81. The van der Waals surface area contributed by atoms with Gasteiger partial charge in [-0.1, -0.05) is 6.55 Å². The molecule has 0 spiro atoms. The topological polar surface area (TPSA) is 0 Å². The fourth-order valence-corrected chi connectivity index (χ4v) is 0. The van der Waals surface area contributed by atoms with Crippen molar-refractivity contribution in [3.63, 3.8) is 0 Å². The molecule has 1 heteroatoms. The fraction of sp³-hybridized carbons (Fsp3) is 0.333. The Morgan fingerprint density at radius 3 is 3.25 bits per heavy atom. The maximum absolute atomic E-state index is 6.28. The van der Waals surface area contributed by atoms with Gasteiger partial charge in [-0.25, -0.2) is 0 Å². The molecule has 0 amide bonds. The average Bonchev–Trinajstić information content (AvgIpc) is 1.41. The summed E-state index contributed by atoms with van der Waals surface area (Å²) in [6.45, 7) is 2.06. The fourth-order valence-electron chi connectivity index (χ4n) is 0. The summed E-state index contributed by atoms with van der Waals surface area (Å²) >= 11 is 0. The van der Waals surface area contributed by atoms with Crippen molar-refractivity contribution >= 4 is 9.52 Å². The Hall–Kier alpha value is -0.223. The van der Waals surface area contributed by atoms with Gasteiger partial charge in [0.2, 0.25) is 0 Å². The SMILES string of the molecule is [3H]C#C[SiH2]C. The molecule has 0 heterocycles. The number of rotatable bonds is 0. The maximum Gasteiger partial charge on any atom is 0.123 e. The summed E-state index contributed by atoms with van der Waals surface area (Å²) in [5.74, 6) is 0. The molecule has 0 radical (unpaired) electrons. The molecule has 0 saturated heterocycles. The van der Waals surface area contributed by atoms with Gasteiger partial charge in [0.15, 0.2) is 0 Å². The largest absolute Gasteiger partial charge is 0.143 e. The van der Waals surface area contributed by atoms with E-state index in [2.05, 4.69) is 18.5 Å². The Morgan fingerprint density at radius 1 is 2.50 bits per heavy atom. The highest BCUT2D eigenvalue weighted by Gasteiger charge is 1.47. The van der Waals surface area contributed by atoms with Crippen molar-refractivity contribution in [1.82, 2.24) is 0 Å². The van der Waals surface area contributed by atoms with Crippen LogP contribution >= 0.6 is 0 Å². The van der Waals surface area contributed by atoms with E-state index in [1.807, 2.05) is 0 Å². The predicted molar refractivity (Wildman–Crippen MR) is 23.2 cm³/mol. The first-order valence-corrected chi connectivity index (χ1v) is 3.43. The van der Waals surface area contributed by atoms with Crippen molar-refractivity contribution in [3.8, 4) is 11.9 Å². The van der Waals surface area contributed by atoms with Crippen LogP contribution in [0.4, 0.5) is 0 Å². The number of hydrogen-bond acceptors (Lipinski definition) is 0. The molecule has 0 aromatic carbocycles. The standard InChI is InChI=1S/C3H6Si/c1-3-4-2/h1H,4H2,2H3/i1T. The lowest BCUT2D eigenvalue weighted by Gasteiger charge is -1.50. The van der Waals surface area contributed by atoms with Crippen molar-refractivity contribution in [1.29, 1.82) is 0 Å². The van der Waals surface area contributed by atoms with E-state index in [0.717, 1.165) is 0 Å². The highest BCUT2D eigenvalue weighted by Crippen LogP contribution is 1.37. The van der Waals surface area contributed by atoms with Gasteiger partial charge >= 0.3 is 0 Å². The van der Waals surface area contributed by atoms with Crippen LogP contribution in [0, 0.1) is 11.9 Å². The van der Waals surface area contributed by atoms with E-state index in [-0.39, 0.29) is 9.52 Å². The molecule has 0 aromatic heterocycles. The van der Waals surface area contributed by atoms with E-state index in [9.17, 15) is 0 Å². The molecule has 0 nitrogen and oxygen atoms in total. The third kappa shape index (κ3) is 1.78. The minimum Gasteiger partial charge on any atom is -0.143 e. The van der Waals surface area contributed by atoms with Crippen LogP contribution in [0.1, 0.15) is 1.37 Å². The predicted octanol–water partition coefficient (Wildman–Crippen LogP) is -0.206. The second kappa shape index (κ2) is 2.78. The van der Waals surface area contributed by atoms with Gasteiger partial charge in [-0.3, -0.25) is 0 Å². The third-order valence-electron chi connectivity index (χ3n) is 0.177. The van der Waals surface area contributed by atoms with Crippen LogP contribution in [-0.2, 0) is 0 Å². The Labute approximate surface area is 30.4 Å². The smallest absolute Gasteiger partial charge is 0.123 e. The van der Waals surface area contributed by atoms with Gasteiger partial charge in [-0.05, 0) is 0 Å². The van der Waals surface area contributed by atoms with Crippen LogP contribution in [0.5, 0.6) is 0 Å². The van der Waals surface area contributed by atoms with E-state index in [0.29, 0.717) is 0 Å². The summed E-state index contributed by atoms with van der Waals surface area (Å²) < 4.78 is 6.28. The molecule has 0 bridgehead atoms. The Bertz CT molecular complexity index is 59.0. The molecular formula is C3H6Si. The van der Waals surface area contributed by atoms with E-state index in [1.165, 1.54) is 0 Å². The molecule has 0 fully saturated rings.